The summed E-state index contributed by atoms with van der Waals surface area (Å²) >= 11 is 0. The van der Waals surface area contributed by atoms with E-state index in [0.29, 0.717) is 10.9 Å². The van der Waals surface area contributed by atoms with Crippen LogP contribution in [0, 0.1) is 11.8 Å². The molecule has 1 aromatic rings. The van der Waals surface area contributed by atoms with Crippen LogP contribution in [0.4, 0.5) is 0 Å². The molecule has 2 saturated carbocycles. The van der Waals surface area contributed by atoms with Crippen LogP contribution in [0.15, 0.2) is 34.2 Å². The van der Waals surface area contributed by atoms with Crippen LogP contribution in [0.5, 0.6) is 0 Å². The normalized spacial score (nSPS) is 24.3. The van der Waals surface area contributed by atoms with Crippen molar-refractivity contribution >= 4 is 15.8 Å². The molecule has 5 nitrogen and oxygen atoms in total. The van der Waals surface area contributed by atoms with Gasteiger partial charge in [-0.2, -0.15) is 0 Å². The first-order valence-electron chi connectivity index (χ1n) is 9.73. The van der Waals surface area contributed by atoms with Gasteiger partial charge in [-0.3, -0.25) is 4.99 Å². The Morgan fingerprint density at radius 1 is 1.15 bits per heavy atom. The standard InChI is InChI=1S/C20H31N3O2S/c1-21-20(23-19-14-18(19)16-6-4-3-5-7-16)22-13-12-15-8-10-17(11-9-15)26(2,24)25/h8-11,16,18-19H,3-7,12-14H2,1-2H3,(H2,21,22,23). The van der Waals surface area contributed by atoms with E-state index in [0.717, 1.165) is 36.3 Å². The number of guanidine groups is 1. The molecule has 0 radical (unpaired) electrons. The van der Waals surface area contributed by atoms with E-state index in [-0.39, 0.29) is 0 Å². The highest BCUT2D eigenvalue weighted by Crippen LogP contribution is 2.44. The van der Waals surface area contributed by atoms with Crippen LogP contribution in [-0.2, 0) is 16.3 Å². The highest BCUT2D eigenvalue weighted by atomic mass is 32.2. The van der Waals surface area contributed by atoms with Crippen LogP contribution < -0.4 is 10.6 Å². The first-order chi connectivity index (χ1) is 12.5. The van der Waals surface area contributed by atoms with Crippen LogP contribution in [0.3, 0.4) is 0 Å². The zero-order valence-corrected chi connectivity index (χ0v) is 16.7. The summed E-state index contributed by atoms with van der Waals surface area (Å²) < 4.78 is 23.0. The van der Waals surface area contributed by atoms with Crippen molar-refractivity contribution in [1.29, 1.82) is 0 Å². The molecule has 1 aromatic carbocycles. The Hall–Kier alpha value is -1.56. The molecular weight excluding hydrogens is 346 g/mol. The number of rotatable bonds is 6. The van der Waals surface area contributed by atoms with Gasteiger partial charge in [0.1, 0.15) is 0 Å². The van der Waals surface area contributed by atoms with Crippen molar-refractivity contribution in [3.63, 3.8) is 0 Å². The van der Waals surface area contributed by atoms with Gasteiger partial charge in [0, 0.05) is 25.9 Å². The molecule has 144 valence electrons. The van der Waals surface area contributed by atoms with E-state index >= 15 is 0 Å². The largest absolute Gasteiger partial charge is 0.356 e. The molecule has 0 saturated heterocycles. The Kier molecular flexibility index (Phi) is 6.22. The lowest BCUT2D eigenvalue weighted by atomic mass is 9.85. The van der Waals surface area contributed by atoms with Gasteiger partial charge in [0.25, 0.3) is 0 Å². The van der Waals surface area contributed by atoms with Crippen molar-refractivity contribution in [2.45, 2.75) is 55.9 Å². The highest BCUT2D eigenvalue weighted by molar-refractivity contribution is 7.90. The van der Waals surface area contributed by atoms with Gasteiger partial charge >= 0.3 is 0 Å². The first-order valence-corrected chi connectivity index (χ1v) is 11.6. The van der Waals surface area contributed by atoms with Gasteiger partial charge in [-0.25, -0.2) is 8.42 Å². The van der Waals surface area contributed by atoms with Gasteiger partial charge in [0.2, 0.25) is 0 Å². The molecule has 2 fully saturated rings. The molecular formula is C20H31N3O2S. The molecule has 2 N–H and O–H groups in total. The summed E-state index contributed by atoms with van der Waals surface area (Å²) in [7, 11) is -1.31. The van der Waals surface area contributed by atoms with E-state index in [1.165, 1.54) is 44.8 Å². The maximum Gasteiger partial charge on any atom is 0.191 e. The van der Waals surface area contributed by atoms with Crippen molar-refractivity contribution in [2.75, 3.05) is 19.8 Å². The zero-order chi connectivity index (χ0) is 18.6. The van der Waals surface area contributed by atoms with Gasteiger partial charge in [-0.05, 0) is 42.4 Å². The Morgan fingerprint density at radius 2 is 1.85 bits per heavy atom. The number of hydrogen-bond acceptors (Lipinski definition) is 3. The number of nitrogens with one attached hydrogen (secondary N) is 2. The summed E-state index contributed by atoms with van der Waals surface area (Å²) in [6.07, 6.45) is 10.4. The molecule has 2 unspecified atom stereocenters. The fourth-order valence-electron chi connectivity index (χ4n) is 4.06. The second-order valence-corrected chi connectivity index (χ2v) is 9.73. The number of nitrogens with zero attached hydrogens (tertiary/aromatic N) is 1. The third kappa shape index (κ3) is 5.22. The summed E-state index contributed by atoms with van der Waals surface area (Å²) in [6.45, 7) is 0.776. The Balaban J connectivity index is 1.41. The number of sulfone groups is 1. The molecule has 2 atom stereocenters. The van der Waals surface area contributed by atoms with Crippen LogP contribution in [0.25, 0.3) is 0 Å². The molecule has 6 heteroatoms. The third-order valence-electron chi connectivity index (χ3n) is 5.70. The Morgan fingerprint density at radius 3 is 2.46 bits per heavy atom. The average Bonchev–Trinajstić information content (AvgIpc) is 3.40. The van der Waals surface area contributed by atoms with E-state index in [1.54, 1.807) is 12.1 Å². The summed E-state index contributed by atoms with van der Waals surface area (Å²) in [5.74, 6) is 2.62. The lowest BCUT2D eigenvalue weighted by Gasteiger charge is -2.22. The van der Waals surface area contributed by atoms with Gasteiger partial charge in [0.05, 0.1) is 4.90 Å². The maximum atomic E-state index is 11.5. The van der Waals surface area contributed by atoms with E-state index < -0.39 is 9.84 Å². The highest BCUT2D eigenvalue weighted by Gasteiger charge is 2.43. The van der Waals surface area contributed by atoms with E-state index in [2.05, 4.69) is 15.6 Å². The maximum absolute atomic E-state index is 11.5. The molecule has 0 bridgehead atoms. The van der Waals surface area contributed by atoms with Crippen LogP contribution >= 0.6 is 0 Å². The fraction of sp³-hybridized carbons (Fsp3) is 0.650. The second-order valence-electron chi connectivity index (χ2n) is 7.71. The molecule has 26 heavy (non-hydrogen) atoms. The number of aliphatic imine (C=N–C) groups is 1. The van der Waals surface area contributed by atoms with Gasteiger partial charge in [-0.15, -0.1) is 0 Å². The van der Waals surface area contributed by atoms with Gasteiger partial charge in [0.15, 0.2) is 15.8 Å². The Labute approximate surface area is 157 Å². The monoisotopic (exact) mass is 377 g/mol. The number of hydrogen-bond donors (Lipinski definition) is 2. The molecule has 0 aliphatic heterocycles. The molecule has 0 heterocycles. The Bertz CT molecular complexity index is 722. The third-order valence-corrected chi connectivity index (χ3v) is 6.83. The molecule has 0 spiro atoms. The molecule has 2 aliphatic rings. The van der Waals surface area contributed by atoms with Gasteiger partial charge in [-0.1, -0.05) is 44.2 Å². The quantitative estimate of drug-likeness (QED) is 0.591. The number of benzene rings is 1. The van der Waals surface area contributed by atoms with Crippen molar-refractivity contribution in [1.82, 2.24) is 10.6 Å². The molecule has 0 aromatic heterocycles. The first kappa shape index (κ1) is 19.2. The van der Waals surface area contributed by atoms with Crippen molar-refractivity contribution in [2.24, 2.45) is 16.8 Å². The fourth-order valence-corrected chi connectivity index (χ4v) is 4.69. The van der Waals surface area contributed by atoms with E-state index in [1.807, 2.05) is 19.2 Å². The SMILES string of the molecule is CN=C(NCCc1ccc(S(C)(=O)=O)cc1)NC1CC1C1CCCCC1. The molecule has 0 amide bonds. The average molecular weight is 378 g/mol. The minimum absolute atomic E-state index is 0.370. The van der Waals surface area contributed by atoms with E-state index in [4.69, 9.17) is 0 Å². The summed E-state index contributed by atoms with van der Waals surface area (Å²) in [5, 5.41) is 6.94. The summed E-state index contributed by atoms with van der Waals surface area (Å²) in [5.41, 5.74) is 1.12. The van der Waals surface area contributed by atoms with E-state index in [9.17, 15) is 8.42 Å². The van der Waals surface area contributed by atoms with Crippen LogP contribution in [-0.4, -0.2) is 40.3 Å². The molecule has 2 aliphatic carbocycles. The van der Waals surface area contributed by atoms with Crippen molar-refractivity contribution in [3.8, 4) is 0 Å². The predicted octanol–water partition coefficient (Wildman–Crippen LogP) is 2.77. The van der Waals surface area contributed by atoms with Crippen LogP contribution in [0.1, 0.15) is 44.1 Å². The second kappa shape index (κ2) is 8.42. The van der Waals surface area contributed by atoms with Crippen molar-refractivity contribution in [3.05, 3.63) is 29.8 Å². The predicted molar refractivity (Wildman–Crippen MR) is 106 cm³/mol. The topological polar surface area (TPSA) is 70.6 Å². The smallest absolute Gasteiger partial charge is 0.191 e. The lowest BCUT2D eigenvalue weighted by Crippen LogP contribution is -2.40. The zero-order valence-electron chi connectivity index (χ0n) is 15.9. The lowest BCUT2D eigenvalue weighted by molar-refractivity contribution is 0.315. The minimum Gasteiger partial charge on any atom is -0.356 e. The summed E-state index contributed by atoms with van der Waals surface area (Å²) in [4.78, 5) is 4.71. The summed E-state index contributed by atoms with van der Waals surface area (Å²) in [6, 6.07) is 7.70. The van der Waals surface area contributed by atoms with Gasteiger partial charge < -0.3 is 10.6 Å². The minimum atomic E-state index is -3.12. The van der Waals surface area contributed by atoms with Crippen molar-refractivity contribution < 1.29 is 8.42 Å². The van der Waals surface area contributed by atoms with Crippen LogP contribution in [0.2, 0.25) is 0 Å². The molecule has 3 rings (SSSR count).